The molecule has 0 amide bonds. The van der Waals surface area contributed by atoms with E-state index in [9.17, 15) is 0 Å². The maximum absolute atomic E-state index is 5.87. The molecule has 2 atom stereocenters. The fraction of sp³-hybridized carbons (Fsp3) is 1.00. The van der Waals surface area contributed by atoms with Gasteiger partial charge in [-0.05, 0) is 18.2 Å². The van der Waals surface area contributed by atoms with Crippen molar-refractivity contribution < 1.29 is 4.52 Å². The van der Waals surface area contributed by atoms with E-state index in [0.29, 0.717) is 5.66 Å². The predicted molar refractivity (Wildman–Crippen MR) is 46.9 cm³/mol. The average molecular weight is 187 g/mol. The third-order valence-corrected chi connectivity index (χ3v) is 6.22. The summed E-state index contributed by atoms with van der Waals surface area (Å²) in [5, 5.41) is 0. The molecule has 56 valence electrons. The molecule has 0 heterocycles. The summed E-state index contributed by atoms with van der Waals surface area (Å²) in [6, 6.07) is 0. The Morgan fingerprint density at radius 2 is 2.22 bits per heavy atom. The third kappa shape index (κ3) is 2.99. The van der Waals surface area contributed by atoms with Gasteiger partial charge in [-0.3, -0.25) is 0 Å². The summed E-state index contributed by atoms with van der Waals surface area (Å²) in [5.74, 6) is 0. The van der Waals surface area contributed by atoms with Crippen molar-refractivity contribution in [3.8, 4) is 0 Å². The highest BCUT2D eigenvalue weighted by Crippen LogP contribution is 2.57. The van der Waals surface area contributed by atoms with Gasteiger partial charge in [0.25, 0.3) is 0 Å². The molecule has 0 saturated heterocycles. The van der Waals surface area contributed by atoms with Crippen molar-refractivity contribution in [1.29, 1.82) is 0 Å². The van der Waals surface area contributed by atoms with Crippen LogP contribution in [-0.2, 0) is 16.3 Å². The van der Waals surface area contributed by atoms with Gasteiger partial charge in [-0.2, -0.15) is 0 Å². The molecular weight excluding hydrogens is 175 g/mol. The molecule has 1 nitrogen and oxygen atoms in total. The Morgan fingerprint density at radius 1 is 1.78 bits per heavy atom. The van der Waals surface area contributed by atoms with Crippen molar-refractivity contribution in [3.63, 3.8) is 0 Å². The van der Waals surface area contributed by atoms with Gasteiger partial charge in [0.2, 0.25) is 0 Å². The lowest BCUT2D eigenvalue weighted by Crippen LogP contribution is -1.97. The van der Waals surface area contributed by atoms with Crippen LogP contribution in [-0.4, -0.2) is 12.8 Å². The monoisotopic (exact) mass is 186 g/mol. The van der Waals surface area contributed by atoms with Crippen LogP contribution in [0.4, 0.5) is 0 Å². The van der Waals surface area contributed by atoms with Crippen LogP contribution in [0.2, 0.25) is 0 Å². The molecule has 0 spiro atoms. The maximum atomic E-state index is 5.87. The van der Waals surface area contributed by atoms with E-state index in [1.54, 1.807) is 7.11 Å². The molecule has 0 fully saturated rings. The second-order valence-electron chi connectivity index (χ2n) is 1.96. The van der Waals surface area contributed by atoms with Crippen LogP contribution in [0.5, 0.6) is 0 Å². The lowest BCUT2D eigenvalue weighted by molar-refractivity contribution is 0.461. The predicted octanol–water partition coefficient (Wildman–Crippen LogP) is 2.98. The maximum Gasteiger partial charge on any atom is 0.153 e. The zero-order valence-electron chi connectivity index (χ0n) is 5.93. The van der Waals surface area contributed by atoms with E-state index >= 15 is 0 Å². The second kappa shape index (κ2) is 3.92. The quantitative estimate of drug-likeness (QED) is 0.627. The van der Waals surface area contributed by atoms with Crippen molar-refractivity contribution >= 4 is 28.7 Å². The van der Waals surface area contributed by atoms with Crippen LogP contribution in [0.1, 0.15) is 20.3 Å². The summed E-state index contributed by atoms with van der Waals surface area (Å²) in [7, 11) is 1.58. The summed E-state index contributed by atoms with van der Waals surface area (Å²) in [6.45, 7) is 4.09. The second-order valence-corrected chi connectivity index (χ2v) is 7.98. The lowest BCUT2D eigenvalue weighted by atomic mass is 10.4. The lowest BCUT2D eigenvalue weighted by Gasteiger charge is -2.17. The fourth-order valence-electron chi connectivity index (χ4n) is 0.398. The number of hydrogen-bond acceptors (Lipinski definition) is 2. The van der Waals surface area contributed by atoms with E-state index in [-0.39, 0.29) is 0 Å². The van der Waals surface area contributed by atoms with Crippen LogP contribution in [0.15, 0.2) is 0 Å². The van der Waals surface area contributed by atoms with Crippen LogP contribution in [0, 0.1) is 0 Å². The van der Waals surface area contributed by atoms with Gasteiger partial charge in [0.05, 0.1) is 0 Å². The van der Waals surface area contributed by atoms with Gasteiger partial charge in [-0.15, -0.1) is 0 Å². The Kier molecular flexibility index (Phi) is 4.31. The molecule has 0 aromatic carbocycles. The highest BCUT2D eigenvalue weighted by molar-refractivity contribution is 8.25. The molecule has 0 N–H and O–H groups in total. The van der Waals surface area contributed by atoms with E-state index in [2.05, 4.69) is 6.92 Å². The zero-order valence-corrected chi connectivity index (χ0v) is 8.39. The van der Waals surface area contributed by atoms with Gasteiger partial charge in [-0.1, -0.05) is 25.1 Å². The van der Waals surface area contributed by atoms with Crippen molar-refractivity contribution in [2.45, 2.75) is 25.9 Å². The van der Waals surface area contributed by atoms with Crippen molar-refractivity contribution in [2.24, 2.45) is 0 Å². The van der Waals surface area contributed by atoms with Gasteiger partial charge >= 0.3 is 0 Å². The Labute approximate surface area is 66.6 Å². The van der Waals surface area contributed by atoms with Crippen LogP contribution < -0.4 is 0 Å². The standard InChI is InChI=1S/C5H12ClOPS/c1-4-5(2)8(6,9)7-3/h5H,4H2,1-3H3. The first kappa shape index (κ1) is 9.90. The van der Waals surface area contributed by atoms with E-state index < -0.39 is 5.62 Å². The molecule has 0 aliphatic rings. The van der Waals surface area contributed by atoms with Crippen LogP contribution in [0.3, 0.4) is 0 Å². The first-order valence-electron chi connectivity index (χ1n) is 2.89. The Balaban J connectivity index is 3.98. The third-order valence-electron chi connectivity index (χ3n) is 1.37. The number of halogens is 1. The zero-order chi connectivity index (χ0) is 7.49. The topological polar surface area (TPSA) is 9.23 Å². The molecule has 0 aromatic heterocycles. The van der Waals surface area contributed by atoms with E-state index in [4.69, 9.17) is 27.6 Å². The summed E-state index contributed by atoms with van der Waals surface area (Å²) in [5.41, 5.74) is -1.63. The molecule has 0 aliphatic heterocycles. The SMILES string of the molecule is CCC(C)P(=S)(Cl)OC. The Hall–Kier alpha value is 0.900. The molecule has 4 heteroatoms. The first-order valence-corrected chi connectivity index (χ1v) is 6.59. The summed E-state index contributed by atoms with van der Waals surface area (Å²) < 4.78 is 4.98. The van der Waals surface area contributed by atoms with Crippen molar-refractivity contribution in [3.05, 3.63) is 0 Å². The Bertz CT molecular complexity index is 128. The van der Waals surface area contributed by atoms with Gasteiger partial charge < -0.3 is 4.52 Å². The molecule has 9 heavy (non-hydrogen) atoms. The van der Waals surface area contributed by atoms with Crippen LogP contribution >= 0.6 is 16.9 Å². The molecule has 0 rings (SSSR count). The molecule has 0 aliphatic carbocycles. The average Bonchev–Trinajstić information content (AvgIpc) is 1.86. The van der Waals surface area contributed by atoms with E-state index in [0.717, 1.165) is 6.42 Å². The Morgan fingerprint density at radius 3 is 2.33 bits per heavy atom. The van der Waals surface area contributed by atoms with Crippen LogP contribution in [0.25, 0.3) is 0 Å². The molecule has 0 bridgehead atoms. The van der Waals surface area contributed by atoms with E-state index in [1.165, 1.54) is 0 Å². The summed E-state index contributed by atoms with van der Waals surface area (Å²) in [4.78, 5) is 0. The normalized spacial score (nSPS) is 20.9. The largest absolute Gasteiger partial charge is 0.341 e. The van der Waals surface area contributed by atoms with Gasteiger partial charge in [0, 0.05) is 12.8 Å². The minimum Gasteiger partial charge on any atom is -0.341 e. The van der Waals surface area contributed by atoms with Crippen molar-refractivity contribution in [2.75, 3.05) is 7.11 Å². The minimum atomic E-state index is -1.96. The fourth-order valence-corrected chi connectivity index (χ4v) is 2.06. The molecule has 0 radical (unpaired) electrons. The highest BCUT2D eigenvalue weighted by Gasteiger charge is 2.18. The highest BCUT2D eigenvalue weighted by atomic mass is 35.7. The van der Waals surface area contributed by atoms with Crippen molar-refractivity contribution in [1.82, 2.24) is 0 Å². The van der Waals surface area contributed by atoms with E-state index in [1.807, 2.05) is 6.92 Å². The molecule has 2 unspecified atom stereocenters. The smallest absolute Gasteiger partial charge is 0.153 e. The molecule has 0 aromatic rings. The van der Waals surface area contributed by atoms with Gasteiger partial charge in [0.1, 0.15) is 0 Å². The minimum absolute atomic E-state index is 0.333. The van der Waals surface area contributed by atoms with Gasteiger partial charge in [-0.25, -0.2) is 0 Å². The molecule has 0 saturated carbocycles. The number of hydrogen-bond donors (Lipinski definition) is 0. The molecular formula is C5H12ClOPS. The van der Waals surface area contributed by atoms with Gasteiger partial charge in [0.15, 0.2) is 5.62 Å². The summed E-state index contributed by atoms with van der Waals surface area (Å²) >= 11 is 10.9. The number of rotatable bonds is 3. The first-order chi connectivity index (χ1) is 4.04. The summed E-state index contributed by atoms with van der Waals surface area (Å²) in [6.07, 6.45) is 0.995.